The molecule has 1 aromatic rings. The average Bonchev–Trinajstić information content (AvgIpc) is 2.48. The second-order valence-electron chi connectivity index (χ2n) is 5.76. The minimum absolute atomic E-state index is 0.220. The van der Waals surface area contributed by atoms with Gasteiger partial charge in [-0.15, -0.1) is 0 Å². The molecule has 1 N–H and O–H groups in total. The van der Waals surface area contributed by atoms with Gasteiger partial charge < -0.3 is 4.74 Å². The smallest absolute Gasteiger partial charge is 0.412 e. The zero-order valence-corrected chi connectivity index (χ0v) is 14.4. The zero-order chi connectivity index (χ0) is 16.5. The summed E-state index contributed by atoms with van der Waals surface area (Å²) in [6, 6.07) is 1.88. The lowest BCUT2D eigenvalue weighted by atomic mass is 9.96. The number of rotatable bonds is 5. The van der Waals surface area contributed by atoms with E-state index in [1.54, 1.807) is 28.6 Å². The molecule has 23 heavy (non-hydrogen) atoms. The van der Waals surface area contributed by atoms with Crippen molar-refractivity contribution in [3.63, 3.8) is 0 Å². The summed E-state index contributed by atoms with van der Waals surface area (Å²) in [7, 11) is 0. The average molecular weight is 339 g/mol. The Balaban J connectivity index is 1.96. The lowest BCUT2D eigenvalue weighted by Crippen LogP contribution is -2.28. The number of carbonyl (C=O) groups excluding carboxylic acids is 1. The molecular formula is C16H25N3O3S. The first-order valence-electron chi connectivity index (χ1n) is 8.22. The van der Waals surface area contributed by atoms with Crippen LogP contribution in [0.4, 0.5) is 10.6 Å². The van der Waals surface area contributed by atoms with Gasteiger partial charge in [-0.1, -0.05) is 32.1 Å². The third-order valence-electron chi connectivity index (χ3n) is 4.05. The minimum atomic E-state index is -0.574. The first-order valence-corrected chi connectivity index (χ1v) is 9.62. The van der Waals surface area contributed by atoms with Crippen LogP contribution >= 0.6 is 11.8 Å². The van der Waals surface area contributed by atoms with E-state index in [1.165, 1.54) is 19.3 Å². The Morgan fingerprint density at radius 1 is 1.35 bits per heavy atom. The number of ether oxygens (including phenoxy) is 1. The van der Waals surface area contributed by atoms with Crippen LogP contribution in [0.5, 0.6) is 0 Å². The van der Waals surface area contributed by atoms with Crippen LogP contribution in [0.2, 0.25) is 0 Å². The number of aromatic nitrogens is 2. The number of hydrogen-bond donors (Lipinski definition) is 1. The van der Waals surface area contributed by atoms with E-state index in [4.69, 9.17) is 4.74 Å². The molecule has 1 heterocycles. The highest BCUT2D eigenvalue weighted by atomic mass is 32.2. The summed E-state index contributed by atoms with van der Waals surface area (Å²) in [5, 5.41) is 2.50. The van der Waals surface area contributed by atoms with Gasteiger partial charge >= 0.3 is 11.8 Å². The quantitative estimate of drug-likeness (QED) is 0.832. The molecule has 1 saturated carbocycles. The highest BCUT2D eigenvalue weighted by Gasteiger charge is 2.15. The van der Waals surface area contributed by atoms with Crippen LogP contribution in [-0.4, -0.2) is 34.3 Å². The molecule has 2 rings (SSSR count). The zero-order valence-electron chi connectivity index (χ0n) is 13.6. The standard InChI is InChI=1S/C16H25N3O3S/c1-23-12-11-22-16(21)18-14-9-10-19(15(20)17-14)13-7-5-3-2-4-6-8-13/h9-10,13H,2-8,11-12H2,1H3,(H,17,18,20,21). The number of hydrogen-bond acceptors (Lipinski definition) is 5. The molecule has 1 aliphatic carbocycles. The van der Waals surface area contributed by atoms with Crippen molar-refractivity contribution < 1.29 is 9.53 Å². The maximum absolute atomic E-state index is 12.2. The van der Waals surface area contributed by atoms with Gasteiger partial charge in [0.15, 0.2) is 0 Å². The lowest BCUT2D eigenvalue weighted by molar-refractivity contribution is 0.169. The minimum Gasteiger partial charge on any atom is -0.448 e. The van der Waals surface area contributed by atoms with Gasteiger partial charge in [0.2, 0.25) is 0 Å². The molecule has 1 aliphatic rings. The second-order valence-corrected chi connectivity index (χ2v) is 6.74. The third kappa shape index (κ3) is 5.89. The summed E-state index contributed by atoms with van der Waals surface area (Å²) in [6.07, 6.45) is 11.2. The van der Waals surface area contributed by atoms with Gasteiger partial charge in [0.05, 0.1) is 0 Å². The van der Waals surface area contributed by atoms with E-state index in [0.717, 1.165) is 31.4 Å². The number of thioether (sulfide) groups is 1. The lowest BCUT2D eigenvalue weighted by Gasteiger charge is -2.21. The number of anilines is 1. The van der Waals surface area contributed by atoms with Gasteiger partial charge in [-0.05, 0) is 25.2 Å². The Hall–Kier alpha value is -1.50. The molecule has 7 heteroatoms. The van der Waals surface area contributed by atoms with E-state index in [2.05, 4.69) is 10.3 Å². The predicted octanol–water partition coefficient (Wildman–Crippen LogP) is 3.44. The van der Waals surface area contributed by atoms with Crippen molar-refractivity contribution in [2.75, 3.05) is 23.9 Å². The number of nitrogens with zero attached hydrogens (tertiary/aromatic N) is 2. The van der Waals surface area contributed by atoms with Gasteiger partial charge in [-0.25, -0.2) is 9.59 Å². The van der Waals surface area contributed by atoms with Crippen LogP contribution in [0.1, 0.15) is 51.0 Å². The summed E-state index contributed by atoms with van der Waals surface area (Å²) < 4.78 is 6.69. The summed E-state index contributed by atoms with van der Waals surface area (Å²) in [6.45, 7) is 0.339. The van der Waals surface area contributed by atoms with Gasteiger partial charge in [0.25, 0.3) is 0 Å². The molecule has 1 aromatic heterocycles. The first kappa shape index (κ1) is 17.8. The number of amides is 1. The summed E-state index contributed by atoms with van der Waals surface area (Å²) >= 11 is 1.60. The Morgan fingerprint density at radius 3 is 2.70 bits per heavy atom. The van der Waals surface area contributed by atoms with Crippen LogP contribution in [0, 0.1) is 0 Å². The van der Waals surface area contributed by atoms with Crippen molar-refractivity contribution >= 4 is 23.7 Å². The van der Waals surface area contributed by atoms with Crippen LogP contribution in [-0.2, 0) is 4.74 Å². The molecule has 0 spiro atoms. The molecule has 128 valence electrons. The molecule has 0 atom stereocenters. The van der Waals surface area contributed by atoms with Gasteiger partial charge in [0.1, 0.15) is 12.4 Å². The Morgan fingerprint density at radius 2 is 2.04 bits per heavy atom. The fourth-order valence-electron chi connectivity index (χ4n) is 2.83. The van der Waals surface area contributed by atoms with E-state index < -0.39 is 6.09 Å². The summed E-state index contributed by atoms with van der Waals surface area (Å²) in [5.41, 5.74) is -0.308. The predicted molar refractivity (Wildman–Crippen MR) is 93.2 cm³/mol. The Labute approximate surface area is 141 Å². The van der Waals surface area contributed by atoms with Crippen molar-refractivity contribution in [2.24, 2.45) is 0 Å². The number of carbonyl (C=O) groups is 1. The van der Waals surface area contributed by atoms with E-state index in [1.807, 2.05) is 6.26 Å². The largest absolute Gasteiger partial charge is 0.448 e. The Bertz CT molecular complexity index is 554. The molecule has 1 amide bonds. The Kier molecular flexibility index (Phi) is 7.45. The van der Waals surface area contributed by atoms with E-state index in [-0.39, 0.29) is 17.5 Å². The maximum atomic E-state index is 12.2. The molecule has 0 radical (unpaired) electrons. The monoisotopic (exact) mass is 339 g/mol. The number of nitrogens with one attached hydrogen (secondary N) is 1. The fourth-order valence-corrected chi connectivity index (χ4v) is 3.08. The molecule has 0 bridgehead atoms. The molecule has 6 nitrogen and oxygen atoms in total. The fraction of sp³-hybridized carbons (Fsp3) is 0.688. The van der Waals surface area contributed by atoms with E-state index >= 15 is 0 Å². The molecule has 0 aliphatic heterocycles. The summed E-state index contributed by atoms with van der Waals surface area (Å²) in [4.78, 5) is 27.8. The molecule has 0 unspecified atom stereocenters. The van der Waals surface area contributed by atoms with Crippen molar-refractivity contribution in [2.45, 2.75) is 51.0 Å². The third-order valence-corrected chi connectivity index (χ3v) is 4.62. The SMILES string of the molecule is CSCCOC(=O)Nc1ccn(C2CCCCCCC2)c(=O)n1. The van der Waals surface area contributed by atoms with Crippen LogP contribution in [0.3, 0.4) is 0 Å². The molecule has 0 aromatic carbocycles. The second kappa shape index (κ2) is 9.60. The van der Waals surface area contributed by atoms with E-state index in [0.29, 0.717) is 6.61 Å². The van der Waals surface area contributed by atoms with E-state index in [9.17, 15) is 9.59 Å². The highest BCUT2D eigenvalue weighted by Crippen LogP contribution is 2.25. The molecule has 0 saturated heterocycles. The first-order chi connectivity index (χ1) is 11.2. The van der Waals surface area contributed by atoms with Crippen molar-refractivity contribution in [3.05, 3.63) is 22.7 Å². The maximum Gasteiger partial charge on any atom is 0.412 e. The molecular weight excluding hydrogens is 314 g/mol. The topological polar surface area (TPSA) is 73.2 Å². The van der Waals surface area contributed by atoms with Crippen molar-refractivity contribution in [1.82, 2.24) is 9.55 Å². The summed E-state index contributed by atoms with van der Waals surface area (Å²) in [5.74, 6) is 0.982. The van der Waals surface area contributed by atoms with Gasteiger partial charge in [-0.2, -0.15) is 16.7 Å². The highest BCUT2D eigenvalue weighted by molar-refractivity contribution is 7.98. The normalized spacial score (nSPS) is 16.4. The van der Waals surface area contributed by atoms with Crippen LogP contribution < -0.4 is 11.0 Å². The van der Waals surface area contributed by atoms with Crippen molar-refractivity contribution in [3.8, 4) is 0 Å². The molecule has 1 fully saturated rings. The van der Waals surface area contributed by atoms with Crippen molar-refractivity contribution in [1.29, 1.82) is 0 Å². The van der Waals surface area contributed by atoms with Gasteiger partial charge in [-0.3, -0.25) is 9.88 Å². The van der Waals surface area contributed by atoms with Crippen LogP contribution in [0.15, 0.2) is 17.1 Å². The van der Waals surface area contributed by atoms with Crippen LogP contribution in [0.25, 0.3) is 0 Å². The van der Waals surface area contributed by atoms with Gasteiger partial charge in [0, 0.05) is 18.0 Å².